The van der Waals surface area contributed by atoms with Crippen molar-refractivity contribution in [1.29, 1.82) is 5.26 Å². The lowest BCUT2D eigenvalue weighted by Gasteiger charge is -2.32. The first kappa shape index (κ1) is 14.0. The fraction of sp³-hybridized carbons (Fsp3) is 0.562. The van der Waals surface area contributed by atoms with Crippen molar-refractivity contribution in [2.45, 2.75) is 38.8 Å². The third kappa shape index (κ3) is 4.34. The fourth-order valence-corrected chi connectivity index (χ4v) is 2.66. The van der Waals surface area contributed by atoms with E-state index >= 15 is 0 Å². The zero-order valence-electron chi connectivity index (χ0n) is 11.7. The Balaban J connectivity index is 1.74. The van der Waals surface area contributed by atoms with Gasteiger partial charge in [-0.2, -0.15) is 5.26 Å². The molecule has 0 radical (unpaired) electrons. The summed E-state index contributed by atoms with van der Waals surface area (Å²) in [5.41, 5.74) is 1.92. The summed E-state index contributed by atoms with van der Waals surface area (Å²) in [4.78, 5) is 2.57. The predicted molar refractivity (Wildman–Crippen MR) is 77.7 cm³/mol. The van der Waals surface area contributed by atoms with Crippen molar-refractivity contribution in [2.75, 3.05) is 19.6 Å². The van der Waals surface area contributed by atoms with E-state index in [9.17, 15) is 0 Å². The lowest BCUT2D eigenvalue weighted by molar-refractivity contribution is 0.170. The van der Waals surface area contributed by atoms with Gasteiger partial charge < -0.3 is 5.32 Å². The molecule has 1 aliphatic heterocycles. The third-order valence-corrected chi connectivity index (χ3v) is 3.84. The average molecular weight is 257 g/mol. The van der Waals surface area contributed by atoms with Crippen LogP contribution in [0.4, 0.5) is 0 Å². The molecule has 0 amide bonds. The maximum absolute atomic E-state index is 8.87. The topological polar surface area (TPSA) is 39.1 Å². The third-order valence-electron chi connectivity index (χ3n) is 3.84. The Kier molecular flexibility index (Phi) is 5.38. The van der Waals surface area contributed by atoms with Crippen LogP contribution in [0.5, 0.6) is 0 Å². The molecule has 1 aliphatic rings. The highest BCUT2D eigenvalue weighted by atomic mass is 15.2. The largest absolute Gasteiger partial charge is 0.311 e. The van der Waals surface area contributed by atoms with E-state index in [-0.39, 0.29) is 0 Å². The second-order valence-corrected chi connectivity index (χ2v) is 5.39. The van der Waals surface area contributed by atoms with Crippen LogP contribution in [0.2, 0.25) is 0 Å². The number of rotatable bonds is 5. The Hall–Kier alpha value is -1.37. The summed E-state index contributed by atoms with van der Waals surface area (Å²) in [5, 5.41) is 12.4. The van der Waals surface area contributed by atoms with Gasteiger partial charge in [-0.1, -0.05) is 18.6 Å². The van der Waals surface area contributed by atoms with Crippen LogP contribution in [0.25, 0.3) is 0 Å². The highest BCUT2D eigenvalue weighted by Crippen LogP contribution is 2.11. The number of hydrogen-bond acceptors (Lipinski definition) is 3. The van der Waals surface area contributed by atoms with Crippen LogP contribution in [0.15, 0.2) is 24.3 Å². The second kappa shape index (κ2) is 7.28. The maximum Gasteiger partial charge on any atom is 0.0991 e. The van der Waals surface area contributed by atoms with E-state index in [0.29, 0.717) is 6.04 Å². The standard InChI is InChI=1S/C16H23N3/c1-14(19-8-3-2-4-9-19)12-18-13-16-7-5-6-15(10-16)11-17/h5-7,10,14,18H,2-4,8-9,12-13H2,1H3. The zero-order chi connectivity index (χ0) is 13.5. The molecule has 1 N–H and O–H groups in total. The molecule has 3 heteroatoms. The molecule has 1 atom stereocenters. The van der Waals surface area contributed by atoms with E-state index in [4.69, 9.17) is 5.26 Å². The van der Waals surface area contributed by atoms with Gasteiger partial charge in [0.05, 0.1) is 11.6 Å². The van der Waals surface area contributed by atoms with Crippen molar-refractivity contribution in [3.8, 4) is 6.07 Å². The first-order chi connectivity index (χ1) is 9.29. The van der Waals surface area contributed by atoms with Gasteiger partial charge in [-0.3, -0.25) is 4.90 Å². The van der Waals surface area contributed by atoms with Gasteiger partial charge in [0.15, 0.2) is 0 Å². The molecular formula is C16H23N3. The average Bonchev–Trinajstić information content (AvgIpc) is 2.48. The number of hydrogen-bond donors (Lipinski definition) is 1. The van der Waals surface area contributed by atoms with Crippen LogP contribution in [0, 0.1) is 11.3 Å². The summed E-state index contributed by atoms with van der Waals surface area (Å²) in [6, 6.07) is 10.6. The van der Waals surface area contributed by atoms with E-state index in [1.807, 2.05) is 18.2 Å². The van der Waals surface area contributed by atoms with Gasteiger partial charge in [-0.25, -0.2) is 0 Å². The fourth-order valence-electron chi connectivity index (χ4n) is 2.66. The second-order valence-electron chi connectivity index (χ2n) is 5.39. The molecule has 2 rings (SSSR count). The Bertz CT molecular complexity index is 430. The summed E-state index contributed by atoms with van der Waals surface area (Å²) in [7, 11) is 0. The Morgan fingerprint density at radius 1 is 1.32 bits per heavy atom. The molecule has 102 valence electrons. The summed E-state index contributed by atoms with van der Waals surface area (Å²) in [5.74, 6) is 0. The zero-order valence-corrected chi connectivity index (χ0v) is 11.7. The minimum absolute atomic E-state index is 0.597. The first-order valence-electron chi connectivity index (χ1n) is 7.23. The number of nitrogens with zero attached hydrogens (tertiary/aromatic N) is 2. The van der Waals surface area contributed by atoms with Crippen LogP contribution in [0.1, 0.15) is 37.3 Å². The molecule has 0 spiro atoms. The summed E-state index contributed by atoms with van der Waals surface area (Å²) in [6.45, 7) is 6.63. The predicted octanol–water partition coefficient (Wildman–Crippen LogP) is 2.52. The van der Waals surface area contributed by atoms with Crippen LogP contribution in [-0.2, 0) is 6.54 Å². The van der Waals surface area contributed by atoms with Gasteiger partial charge in [0.1, 0.15) is 0 Å². The van der Waals surface area contributed by atoms with Crippen LogP contribution in [-0.4, -0.2) is 30.6 Å². The van der Waals surface area contributed by atoms with Gasteiger partial charge in [0.2, 0.25) is 0 Å². The Morgan fingerprint density at radius 2 is 2.11 bits per heavy atom. The molecule has 0 saturated carbocycles. The molecule has 0 aliphatic carbocycles. The van der Waals surface area contributed by atoms with Gasteiger partial charge in [0.25, 0.3) is 0 Å². The van der Waals surface area contributed by atoms with E-state index < -0.39 is 0 Å². The minimum Gasteiger partial charge on any atom is -0.311 e. The van der Waals surface area contributed by atoms with Gasteiger partial charge >= 0.3 is 0 Å². The Morgan fingerprint density at radius 3 is 2.84 bits per heavy atom. The summed E-state index contributed by atoms with van der Waals surface area (Å²) >= 11 is 0. The SMILES string of the molecule is CC(CNCc1cccc(C#N)c1)N1CCCCC1. The number of piperidine rings is 1. The van der Waals surface area contributed by atoms with Gasteiger partial charge in [-0.15, -0.1) is 0 Å². The molecule has 1 fully saturated rings. The first-order valence-corrected chi connectivity index (χ1v) is 7.23. The smallest absolute Gasteiger partial charge is 0.0991 e. The molecule has 1 aromatic rings. The van der Waals surface area contributed by atoms with Crippen molar-refractivity contribution < 1.29 is 0 Å². The van der Waals surface area contributed by atoms with Crippen LogP contribution < -0.4 is 5.32 Å². The molecule has 19 heavy (non-hydrogen) atoms. The number of nitriles is 1. The molecule has 1 unspecified atom stereocenters. The highest BCUT2D eigenvalue weighted by Gasteiger charge is 2.15. The van der Waals surface area contributed by atoms with Crippen LogP contribution in [0.3, 0.4) is 0 Å². The molecule has 0 bridgehead atoms. The number of likely N-dealkylation sites (tertiary alicyclic amines) is 1. The van der Waals surface area contributed by atoms with Crippen molar-refractivity contribution in [3.05, 3.63) is 35.4 Å². The quantitative estimate of drug-likeness (QED) is 0.881. The lowest BCUT2D eigenvalue weighted by atomic mass is 10.1. The van der Waals surface area contributed by atoms with Crippen LogP contribution >= 0.6 is 0 Å². The molecule has 1 saturated heterocycles. The molecule has 1 heterocycles. The monoisotopic (exact) mass is 257 g/mol. The molecule has 3 nitrogen and oxygen atoms in total. The van der Waals surface area contributed by atoms with Gasteiger partial charge in [-0.05, 0) is 50.6 Å². The molecule has 1 aromatic carbocycles. The van der Waals surface area contributed by atoms with E-state index in [1.54, 1.807) is 0 Å². The number of benzene rings is 1. The highest BCUT2D eigenvalue weighted by molar-refractivity contribution is 5.32. The van der Waals surface area contributed by atoms with Crippen molar-refractivity contribution in [3.63, 3.8) is 0 Å². The maximum atomic E-state index is 8.87. The van der Waals surface area contributed by atoms with Crippen molar-refractivity contribution >= 4 is 0 Å². The van der Waals surface area contributed by atoms with Gasteiger partial charge in [0, 0.05) is 19.1 Å². The van der Waals surface area contributed by atoms with Crippen molar-refractivity contribution in [2.24, 2.45) is 0 Å². The summed E-state index contributed by atoms with van der Waals surface area (Å²) in [6.07, 6.45) is 4.07. The van der Waals surface area contributed by atoms with E-state index in [2.05, 4.69) is 29.3 Å². The Labute approximate surface area is 116 Å². The van der Waals surface area contributed by atoms with E-state index in [0.717, 1.165) is 18.7 Å². The summed E-state index contributed by atoms with van der Waals surface area (Å²) < 4.78 is 0. The molecular weight excluding hydrogens is 234 g/mol. The molecule has 0 aromatic heterocycles. The number of nitrogens with one attached hydrogen (secondary N) is 1. The normalized spacial score (nSPS) is 17.9. The van der Waals surface area contributed by atoms with Crippen molar-refractivity contribution in [1.82, 2.24) is 10.2 Å². The van der Waals surface area contributed by atoms with E-state index in [1.165, 1.54) is 37.9 Å². The minimum atomic E-state index is 0.597. The lowest BCUT2D eigenvalue weighted by Crippen LogP contribution is -2.42.